The Morgan fingerprint density at radius 1 is 1.16 bits per heavy atom. The largest absolute Gasteiger partial charge is 0.376 e. The maximum atomic E-state index is 3.58. The van der Waals surface area contributed by atoms with E-state index in [0.29, 0.717) is 0 Å². The first-order valence-corrected chi connectivity index (χ1v) is 8.36. The maximum Gasteiger partial charge on any atom is 0.0702 e. The highest BCUT2D eigenvalue weighted by molar-refractivity contribution is 9.11. The van der Waals surface area contributed by atoms with Crippen molar-refractivity contribution < 1.29 is 0 Å². The van der Waals surface area contributed by atoms with Crippen LogP contribution < -0.4 is 10.2 Å². The van der Waals surface area contributed by atoms with Crippen LogP contribution in [0.3, 0.4) is 0 Å². The van der Waals surface area contributed by atoms with Gasteiger partial charge in [-0.3, -0.25) is 0 Å². The fraction of sp³-hybridized carbons (Fsp3) is 0.286. The zero-order chi connectivity index (χ0) is 14.0. The third-order valence-electron chi connectivity index (χ3n) is 2.83. The second-order valence-corrected chi connectivity index (χ2v) is 7.97. The van der Waals surface area contributed by atoms with Crippen molar-refractivity contribution in [1.29, 1.82) is 0 Å². The molecule has 0 aliphatic heterocycles. The highest BCUT2D eigenvalue weighted by Gasteiger charge is 2.11. The van der Waals surface area contributed by atoms with Gasteiger partial charge in [0.05, 0.1) is 21.2 Å². The molecule has 1 atom stereocenters. The lowest BCUT2D eigenvalue weighted by Crippen LogP contribution is -2.13. The molecule has 5 heteroatoms. The van der Waals surface area contributed by atoms with Crippen molar-refractivity contribution in [3.63, 3.8) is 0 Å². The molecule has 2 aromatic rings. The van der Waals surface area contributed by atoms with E-state index < -0.39 is 0 Å². The molecule has 0 radical (unpaired) electrons. The van der Waals surface area contributed by atoms with Gasteiger partial charge < -0.3 is 10.2 Å². The quantitative estimate of drug-likeness (QED) is 0.723. The number of anilines is 2. The van der Waals surface area contributed by atoms with Crippen molar-refractivity contribution in [2.24, 2.45) is 0 Å². The Kier molecular flexibility index (Phi) is 4.92. The average molecular weight is 404 g/mol. The lowest BCUT2D eigenvalue weighted by molar-refractivity contribution is 0.905. The number of hydrogen-bond donors (Lipinski definition) is 1. The number of benzene rings is 1. The van der Waals surface area contributed by atoms with Crippen molar-refractivity contribution in [2.75, 3.05) is 24.3 Å². The second-order valence-electron chi connectivity index (χ2n) is 4.56. The Hall–Kier alpha value is -0.520. The fourth-order valence-corrected chi connectivity index (χ4v) is 3.67. The molecule has 0 amide bonds. The zero-order valence-corrected chi connectivity index (χ0v) is 15.1. The summed E-state index contributed by atoms with van der Waals surface area (Å²) in [5.74, 6) is 0. The monoisotopic (exact) mass is 402 g/mol. The van der Waals surface area contributed by atoms with E-state index >= 15 is 0 Å². The molecule has 1 aromatic carbocycles. The van der Waals surface area contributed by atoms with Crippen LogP contribution in [0.4, 0.5) is 11.4 Å². The van der Waals surface area contributed by atoms with Gasteiger partial charge in [-0.1, -0.05) is 15.9 Å². The van der Waals surface area contributed by atoms with Gasteiger partial charge in [0.1, 0.15) is 0 Å². The third-order valence-corrected chi connectivity index (χ3v) is 5.13. The van der Waals surface area contributed by atoms with Crippen LogP contribution in [0.1, 0.15) is 17.8 Å². The number of rotatable bonds is 4. The summed E-state index contributed by atoms with van der Waals surface area (Å²) in [6, 6.07) is 10.8. The van der Waals surface area contributed by atoms with Gasteiger partial charge in [-0.2, -0.15) is 0 Å². The minimum atomic E-state index is 0.282. The summed E-state index contributed by atoms with van der Waals surface area (Å²) in [6.07, 6.45) is 0. The molecule has 0 saturated heterocycles. The Bertz CT molecular complexity index is 566. The molecule has 0 bridgehead atoms. The predicted octanol–water partition coefficient (Wildman–Crippen LogP) is 5.51. The lowest BCUT2D eigenvalue weighted by Gasteiger charge is -2.21. The highest BCUT2D eigenvalue weighted by Crippen LogP contribution is 2.33. The molecule has 2 rings (SSSR count). The minimum Gasteiger partial charge on any atom is -0.376 e. The third kappa shape index (κ3) is 3.74. The van der Waals surface area contributed by atoms with Crippen molar-refractivity contribution in [1.82, 2.24) is 0 Å². The molecule has 1 heterocycles. The van der Waals surface area contributed by atoms with Crippen LogP contribution in [-0.2, 0) is 0 Å². The van der Waals surface area contributed by atoms with Crippen LogP contribution in [0.25, 0.3) is 0 Å². The van der Waals surface area contributed by atoms with E-state index in [1.807, 2.05) is 0 Å². The highest BCUT2D eigenvalue weighted by atomic mass is 79.9. The predicted molar refractivity (Wildman–Crippen MR) is 92.5 cm³/mol. The standard InChI is InChI=1S/C14H16Br2N2S/c1-9(13-6-7-14(16)19-13)17-11-8-10(15)4-5-12(11)18(2)3/h4-9,17H,1-3H3. The molecular weight excluding hydrogens is 388 g/mol. The molecule has 0 fully saturated rings. The maximum absolute atomic E-state index is 3.58. The van der Waals surface area contributed by atoms with E-state index in [2.05, 4.69) is 93.4 Å². The van der Waals surface area contributed by atoms with Gasteiger partial charge in [-0.25, -0.2) is 0 Å². The summed E-state index contributed by atoms with van der Waals surface area (Å²) >= 11 is 8.80. The molecule has 1 unspecified atom stereocenters. The summed E-state index contributed by atoms with van der Waals surface area (Å²) in [6.45, 7) is 2.18. The van der Waals surface area contributed by atoms with Gasteiger partial charge in [0.25, 0.3) is 0 Å². The first-order chi connectivity index (χ1) is 8.97. The van der Waals surface area contributed by atoms with Crippen molar-refractivity contribution in [3.8, 4) is 0 Å². The van der Waals surface area contributed by atoms with Gasteiger partial charge in [-0.15, -0.1) is 11.3 Å². The molecule has 102 valence electrons. The van der Waals surface area contributed by atoms with Gasteiger partial charge in [0.2, 0.25) is 0 Å². The molecule has 2 nitrogen and oxygen atoms in total. The van der Waals surface area contributed by atoms with E-state index in [9.17, 15) is 0 Å². The lowest BCUT2D eigenvalue weighted by atomic mass is 10.2. The van der Waals surface area contributed by atoms with Crippen LogP contribution in [0.15, 0.2) is 38.6 Å². The Labute approximate surface area is 135 Å². The van der Waals surface area contributed by atoms with E-state index in [-0.39, 0.29) is 6.04 Å². The van der Waals surface area contributed by atoms with Gasteiger partial charge in [-0.05, 0) is 53.2 Å². The van der Waals surface area contributed by atoms with Crippen LogP contribution in [0.2, 0.25) is 0 Å². The molecule has 0 saturated carbocycles. The van der Waals surface area contributed by atoms with E-state index in [1.54, 1.807) is 11.3 Å². The summed E-state index contributed by atoms with van der Waals surface area (Å²) in [5, 5.41) is 3.58. The van der Waals surface area contributed by atoms with Gasteiger partial charge >= 0.3 is 0 Å². The van der Waals surface area contributed by atoms with E-state index in [4.69, 9.17) is 0 Å². The first kappa shape index (κ1) is 14.9. The molecule has 0 spiro atoms. The van der Waals surface area contributed by atoms with Crippen LogP contribution in [0.5, 0.6) is 0 Å². The SMILES string of the molecule is CC(Nc1cc(Br)ccc1N(C)C)c1ccc(Br)s1. The second kappa shape index (κ2) is 6.29. The Morgan fingerprint density at radius 2 is 1.89 bits per heavy atom. The van der Waals surface area contributed by atoms with E-state index in [0.717, 1.165) is 10.2 Å². The average Bonchev–Trinajstić information content (AvgIpc) is 2.75. The number of thiophene rings is 1. The Morgan fingerprint density at radius 3 is 2.47 bits per heavy atom. The molecule has 0 aliphatic carbocycles. The van der Waals surface area contributed by atoms with Gasteiger partial charge in [0.15, 0.2) is 0 Å². The first-order valence-electron chi connectivity index (χ1n) is 5.96. The fourth-order valence-electron chi connectivity index (χ4n) is 1.88. The Balaban J connectivity index is 2.25. The number of halogens is 2. The molecule has 19 heavy (non-hydrogen) atoms. The van der Waals surface area contributed by atoms with Gasteiger partial charge in [0, 0.05) is 23.4 Å². The van der Waals surface area contributed by atoms with Crippen molar-refractivity contribution in [3.05, 3.63) is 43.5 Å². The zero-order valence-electron chi connectivity index (χ0n) is 11.1. The molecule has 1 aromatic heterocycles. The molecular formula is C14H16Br2N2S. The topological polar surface area (TPSA) is 15.3 Å². The minimum absolute atomic E-state index is 0.282. The van der Waals surface area contributed by atoms with Crippen molar-refractivity contribution >= 4 is 54.6 Å². The smallest absolute Gasteiger partial charge is 0.0702 e. The summed E-state index contributed by atoms with van der Waals surface area (Å²) in [5.41, 5.74) is 2.32. The summed E-state index contributed by atoms with van der Waals surface area (Å²) in [7, 11) is 4.11. The van der Waals surface area contributed by atoms with Crippen molar-refractivity contribution in [2.45, 2.75) is 13.0 Å². The number of nitrogens with zero attached hydrogens (tertiary/aromatic N) is 1. The van der Waals surface area contributed by atoms with Crippen LogP contribution in [0, 0.1) is 0 Å². The summed E-state index contributed by atoms with van der Waals surface area (Å²) in [4.78, 5) is 3.43. The van der Waals surface area contributed by atoms with E-state index in [1.165, 1.54) is 14.4 Å². The summed E-state index contributed by atoms with van der Waals surface area (Å²) < 4.78 is 2.25. The number of hydrogen-bond acceptors (Lipinski definition) is 3. The molecule has 0 aliphatic rings. The van der Waals surface area contributed by atoms with Crippen LogP contribution in [-0.4, -0.2) is 14.1 Å². The normalized spacial score (nSPS) is 12.3. The molecule has 1 N–H and O–H groups in total. The number of nitrogens with one attached hydrogen (secondary N) is 1. The van der Waals surface area contributed by atoms with Crippen LogP contribution >= 0.6 is 43.2 Å².